The summed E-state index contributed by atoms with van der Waals surface area (Å²) >= 11 is 6.01. The van der Waals surface area contributed by atoms with Crippen molar-refractivity contribution in [1.82, 2.24) is 15.3 Å². The van der Waals surface area contributed by atoms with Crippen LogP contribution in [0.5, 0.6) is 0 Å². The van der Waals surface area contributed by atoms with E-state index < -0.39 is 0 Å². The summed E-state index contributed by atoms with van der Waals surface area (Å²) in [6, 6.07) is 19.5. The lowest BCUT2D eigenvalue weighted by molar-refractivity contribution is 0.0949. The van der Waals surface area contributed by atoms with Crippen LogP contribution < -0.4 is 10.6 Å². The molecule has 0 aliphatic carbocycles. The van der Waals surface area contributed by atoms with Gasteiger partial charge in [0.15, 0.2) is 0 Å². The van der Waals surface area contributed by atoms with Gasteiger partial charge in [0, 0.05) is 23.8 Å². The molecule has 0 fully saturated rings. The second kappa shape index (κ2) is 9.85. The first-order valence-corrected chi connectivity index (χ1v) is 9.64. The second-order valence-electron chi connectivity index (χ2n) is 6.52. The Morgan fingerprint density at radius 3 is 2.46 bits per heavy atom. The molecular formula is C22H23ClN4O. The third kappa shape index (κ3) is 6.06. The number of halogens is 1. The minimum absolute atomic E-state index is 0.195. The largest absolute Gasteiger partial charge is 0.354 e. The minimum atomic E-state index is -0.195. The molecule has 2 N–H and O–H groups in total. The molecule has 6 heteroatoms. The van der Waals surface area contributed by atoms with E-state index in [1.807, 2.05) is 61.5 Å². The van der Waals surface area contributed by atoms with Gasteiger partial charge >= 0.3 is 0 Å². The summed E-state index contributed by atoms with van der Waals surface area (Å²) in [4.78, 5) is 21.1. The average Bonchev–Trinajstić information content (AvgIpc) is 2.68. The van der Waals surface area contributed by atoms with E-state index >= 15 is 0 Å². The molecular weight excluding hydrogens is 372 g/mol. The van der Waals surface area contributed by atoms with E-state index in [9.17, 15) is 4.79 Å². The van der Waals surface area contributed by atoms with Crippen molar-refractivity contribution in [3.63, 3.8) is 0 Å². The molecule has 1 amide bonds. The fourth-order valence-corrected chi connectivity index (χ4v) is 3.04. The third-order valence-corrected chi connectivity index (χ3v) is 4.45. The van der Waals surface area contributed by atoms with E-state index in [0.29, 0.717) is 24.7 Å². The Bertz CT molecular complexity index is 931. The van der Waals surface area contributed by atoms with Crippen LogP contribution in [0, 0.1) is 6.92 Å². The molecule has 0 aliphatic rings. The van der Waals surface area contributed by atoms with Crippen molar-refractivity contribution in [2.24, 2.45) is 0 Å². The molecule has 0 saturated heterocycles. The Hall–Kier alpha value is -2.92. The van der Waals surface area contributed by atoms with Crippen LogP contribution in [-0.2, 0) is 12.8 Å². The number of rotatable bonds is 8. The number of carbonyl (C=O) groups excluding carboxylic acids is 1. The zero-order valence-electron chi connectivity index (χ0n) is 15.8. The summed E-state index contributed by atoms with van der Waals surface area (Å²) in [6.45, 7) is 3.06. The molecule has 0 unspecified atom stereocenters. The van der Waals surface area contributed by atoms with Gasteiger partial charge in [-0.25, -0.2) is 9.97 Å². The van der Waals surface area contributed by atoms with E-state index in [2.05, 4.69) is 20.6 Å². The lowest BCUT2D eigenvalue weighted by Crippen LogP contribution is -2.27. The maximum atomic E-state index is 12.4. The number of nitrogens with zero attached hydrogens (tertiary/aromatic N) is 2. The maximum absolute atomic E-state index is 12.4. The number of carbonyl (C=O) groups is 1. The molecule has 0 bridgehead atoms. The predicted molar refractivity (Wildman–Crippen MR) is 113 cm³/mol. The smallest absolute Gasteiger partial charge is 0.270 e. The molecule has 28 heavy (non-hydrogen) atoms. The monoisotopic (exact) mass is 394 g/mol. The lowest BCUT2D eigenvalue weighted by atomic mass is 10.1. The standard InChI is InChI=1S/C22H23ClN4O/c1-16-14-20(21(28)24-12-10-17-6-3-2-4-7-17)27-22(26-16)25-13-11-18-8-5-9-19(23)15-18/h2-9,14-15H,10-13H2,1H3,(H,24,28)(H,25,26,27). The summed E-state index contributed by atoms with van der Waals surface area (Å²) < 4.78 is 0. The van der Waals surface area contributed by atoms with E-state index in [1.54, 1.807) is 6.07 Å². The van der Waals surface area contributed by atoms with Crippen molar-refractivity contribution in [2.45, 2.75) is 19.8 Å². The molecule has 3 aromatic rings. The summed E-state index contributed by atoms with van der Waals surface area (Å²) in [6.07, 6.45) is 1.57. The van der Waals surface area contributed by atoms with E-state index in [1.165, 1.54) is 5.56 Å². The number of amides is 1. The normalized spacial score (nSPS) is 10.5. The zero-order valence-corrected chi connectivity index (χ0v) is 16.5. The van der Waals surface area contributed by atoms with Crippen LogP contribution in [0.4, 0.5) is 5.95 Å². The molecule has 0 aliphatic heterocycles. The van der Waals surface area contributed by atoms with Gasteiger partial charge in [-0.2, -0.15) is 0 Å². The average molecular weight is 395 g/mol. The zero-order chi connectivity index (χ0) is 19.8. The van der Waals surface area contributed by atoms with Gasteiger partial charge in [0.1, 0.15) is 5.69 Å². The molecule has 0 atom stereocenters. The SMILES string of the molecule is Cc1cc(C(=O)NCCc2ccccc2)nc(NCCc2cccc(Cl)c2)n1. The number of aryl methyl sites for hydroxylation is 1. The molecule has 2 aromatic carbocycles. The highest BCUT2D eigenvalue weighted by atomic mass is 35.5. The molecule has 1 aromatic heterocycles. The van der Waals surface area contributed by atoms with Gasteiger partial charge in [0.05, 0.1) is 0 Å². The summed E-state index contributed by atoms with van der Waals surface area (Å²) in [5, 5.41) is 6.82. The molecule has 144 valence electrons. The molecule has 1 heterocycles. The lowest BCUT2D eigenvalue weighted by Gasteiger charge is -2.09. The fourth-order valence-electron chi connectivity index (χ4n) is 2.83. The molecule has 0 saturated carbocycles. The fraction of sp³-hybridized carbons (Fsp3) is 0.227. The van der Waals surface area contributed by atoms with Crippen LogP contribution in [-0.4, -0.2) is 29.0 Å². The number of nitrogens with one attached hydrogen (secondary N) is 2. The first kappa shape index (κ1) is 19.8. The van der Waals surface area contributed by atoms with Gasteiger partial charge in [-0.1, -0.05) is 54.1 Å². The van der Waals surface area contributed by atoms with Crippen LogP contribution in [0.25, 0.3) is 0 Å². The van der Waals surface area contributed by atoms with Gasteiger partial charge in [-0.05, 0) is 49.1 Å². The quantitative estimate of drug-likeness (QED) is 0.604. The number of anilines is 1. The first-order valence-electron chi connectivity index (χ1n) is 9.26. The molecule has 3 rings (SSSR count). The topological polar surface area (TPSA) is 66.9 Å². The van der Waals surface area contributed by atoms with Crippen LogP contribution in [0.3, 0.4) is 0 Å². The first-order chi connectivity index (χ1) is 13.6. The number of benzene rings is 2. The molecule has 0 radical (unpaired) electrons. The van der Waals surface area contributed by atoms with Gasteiger partial charge in [0.25, 0.3) is 5.91 Å². The van der Waals surface area contributed by atoms with Crippen molar-refractivity contribution in [3.05, 3.63) is 88.2 Å². The maximum Gasteiger partial charge on any atom is 0.270 e. The Kier molecular flexibility index (Phi) is 6.98. The number of hydrogen-bond donors (Lipinski definition) is 2. The number of aromatic nitrogens is 2. The van der Waals surface area contributed by atoms with Crippen LogP contribution >= 0.6 is 11.6 Å². The van der Waals surface area contributed by atoms with Crippen LogP contribution in [0.1, 0.15) is 27.3 Å². The summed E-state index contributed by atoms with van der Waals surface area (Å²) in [5.41, 5.74) is 3.43. The van der Waals surface area contributed by atoms with Crippen LogP contribution in [0.2, 0.25) is 5.02 Å². The summed E-state index contributed by atoms with van der Waals surface area (Å²) in [7, 11) is 0. The van der Waals surface area contributed by atoms with Crippen LogP contribution in [0.15, 0.2) is 60.7 Å². The Balaban J connectivity index is 1.53. The molecule has 0 spiro atoms. The van der Waals surface area contributed by atoms with Gasteiger partial charge < -0.3 is 10.6 Å². The van der Waals surface area contributed by atoms with Gasteiger partial charge in [-0.15, -0.1) is 0 Å². The van der Waals surface area contributed by atoms with E-state index in [4.69, 9.17) is 11.6 Å². The second-order valence-corrected chi connectivity index (χ2v) is 6.95. The van der Waals surface area contributed by atoms with Crippen molar-refractivity contribution in [3.8, 4) is 0 Å². The highest BCUT2D eigenvalue weighted by molar-refractivity contribution is 6.30. The van der Waals surface area contributed by atoms with Crippen molar-refractivity contribution in [1.29, 1.82) is 0 Å². The predicted octanol–water partition coefficient (Wildman–Crippen LogP) is 4.07. The minimum Gasteiger partial charge on any atom is -0.354 e. The van der Waals surface area contributed by atoms with Gasteiger partial charge in [-0.3, -0.25) is 4.79 Å². The van der Waals surface area contributed by atoms with E-state index in [-0.39, 0.29) is 5.91 Å². The van der Waals surface area contributed by atoms with Gasteiger partial charge in [0.2, 0.25) is 5.95 Å². The Morgan fingerprint density at radius 1 is 0.929 bits per heavy atom. The summed E-state index contributed by atoms with van der Waals surface area (Å²) in [5.74, 6) is 0.259. The van der Waals surface area contributed by atoms with Crippen molar-refractivity contribution in [2.75, 3.05) is 18.4 Å². The highest BCUT2D eigenvalue weighted by Crippen LogP contribution is 2.11. The third-order valence-electron chi connectivity index (χ3n) is 4.21. The Labute approximate surface area is 170 Å². The van der Waals surface area contributed by atoms with Crippen molar-refractivity contribution >= 4 is 23.5 Å². The van der Waals surface area contributed by atoms with E-state index in [0.717, 1.165) is 29.1 Å². The molecule has 5 nitrogen and oxygen atoms in total. The highest BCUT2D eigenvalue weighted by Gasteiger charge is 2.10. The Morgan fingerprint density at radius 2 is 1.68 bits per heavy atom. The van der Waals surface area contributed by atoms with Crippen molar-refractivity contribution < 1.29 is 4.79 Å². The number of hydrogen-bond acceptors (Lipinski definition) is 4.